The summed E-state index contributed by atoms with van der Waals surface area (Å²) in [6.07, 6.45) is 2.51. The highest BCUT2D eigenvalue weighted by Crippen LogP contribution is 2.27. The summed E-state index contributed by atoms with van der Waals surface area (Å²) in [5.74, 6) is 0.819. The van der Waals surface area contributed by atoms with Crippen LogP contribution < -0.4 is 10.5 Å². The second-order valence-corrected chi connectivity index (χ2v) is 5.69. The SMILES string of the molecule is COc1ccc(-c2nc3c(C)cccn3c2CC(N)=S)cc1. The number of benzene rings is 1. The lowest BCUT2D eigenvalue weighted by molar-refractivity contribution is 0.415. The van der Waals surface area contributed by atoms with Crippen molar-refractivity contribution in [3.05, 3.63) is 53.9 Å². The second-order valence-electron chi connectivity index (χ2n) is 5.16. The van der Waals surface area contributed by atoms with E-state index >= 15 is 0 Å². The Balaban J connectivity index is 2.22. The first-order chi connectivity index (χ1) is 10.6. The molecule has 0 aliphatic heterocycles. The number of hydrogen-bond donors (Lipinski definition) is 1. The minimum absolute atomic E-state index is 0.457. The molecule has 1 aromatic carbocycles. The first kappa shape index (κ1) is 14.5. The molecule has 2 aromatic heterocycles. The first-order valence-corrected chi connectivity index (χ1v) is 7.40. The Hall–Kier alpha value is -2.40. The summed E-state index contributed by atoms with van der Waals surface area (Å²) in [5, 5.41) is 0. The van der Waals surface area contributed by atoms with Crippen LogP contribution in [0.2, 0.25) is 0 Å². The number of ether oxygens (including phenoxy) is 1. The van der Waals surface area contributed by atoms with Crippen LogP contribution in [-0.2, 0) is 6.42 Å². The summed E-state index contributed by atoms with van der Waals surface area (Å²) in [7, 11) is 1.65. The van der Waals surface area contributed by atoms with Gasteiger partial charge in [-0.3, -0.25) is 0 Å². The average Bonchev–Trinajstić information content (AvgIpc) is 2.87. The molecule has 0 fully saturated rings. The van der Waals surface area contributed by atoms with Crippen LogP contribution >= 0.6 is 12.2 Å². The molecule has 4 nitrogen and oxygen atoms in total. The minimum atomic E-state index is 0.457. The number of imidazole rings is 1. The topological polar surface area (TPSA) is 52.5 Å². The number of thiocarbonyl (C=S) groups is 1. The van der Waals surface area contributed by atoms with Crippen molar-refractivity contribution in [3.63, 3.8) is 0 Å². The predicted molar refractivity (Wildman–Crippen MR) is 92.4 cm³/mol. The normalized spacial score (nSPS) is 10.8. The molecule has 0 radical (unpaired) electrons. The molecule has 5 heteroatoms. The Morgan fingerprint density at radius 3 is 2.64 bits per heavy atom. The van der Waals surface area contributed by atoms with E-state index in [9.17, 15) is 0 Å². The molecular weight excluding hydrogens is 294 g/mol. The van der Waals surface area contributed by atoms with Gasteiger partial charge in [0.25, 0.3) is 0 Å². The third kappa shape index (κ3) is 2.55. The Morgan fingerprint density at radius 2 is 2.00 bits per heavy atom. The molecule has 0 unspecified atom stereocenters. The zero-order chi connectivity index (χ0) is 15.7. The van der Waals surface area contributed by atoms with Gasteiger partial charge in [0.2, 0.25) is 0 Å². The van der Waals surface area contributed by atoms with Crippen LogP contribution in [-0.4, -0.2) is 21.5 Å². The van der Waals surface area contributed by atoms with Gasteiger partial charge in [-0.1, -0.05) is 18.3 Å². The van der Waals surface area contributed by atoms with Gasteiger partial charge in [-0.15, -0.1) is 0 Å². The van der Waals surface area contributed by atoms with E-state index in [1.807, 2.05) is 49.5 Å². The highest BCUT2D eigenvalue weighted by molar-refractivity contribution is 7.80. The molecular formula is C17H17N3OS. The lowest BCUT2D eigenvalue weighted by atomic mass is 10.1. The Labute approximate surface area is 134 Å². The molecule has 2 N–H and O–H groups in total. The highest BCUT2D eigenvalue weighted by Gasteiger charge is 2.15. The Kier molecular flexibility index (Phi) is 3.81. The lowest BCUT2D eigenvalue weighted by Gasteiger charge is -2.05. The predicted octanol–water partition coefficient (Wildman–Crippen LogP) is 3.15. The number of methoxy groups -OCH3 is 1. The third-order valence-electron chi connectivity index (χ3n) is 3.65. The number of rotatable bonds is 4. The van der Waals surface area contributed by atoms with Crippen molar-refractivity contribution in [3.8, 4) is 17.0 Å². The number of nitrogens with two attached hydrogens (primary N) is 1. The number of aromatic nitrogens is 2. The molecule has 0 bridgehead atoms. The number of pyridine rings is 1. The monoisotopic (exact) mass is 311 g/mol. The van der Waals surface area contributed by atoms with Gasteiger partial charge in [0, 0.05) is 18.2 Å². The molecule has 0 saturated heterocycles. The van der Waals surface area contributed by atoms with E-state index in [1.165, 1.54) is 0 Å². The number of fused-ring (bicyclic) bond motifs is 1. The molecule has 0 aliphatic carbocycles. The summed E-state index contributed by atoms with van der Waals surface area (Å²) in [6, 6.07) is 11.9. The van der Waals surface area contributed by atoms with Crippen LogP contribution in [0.4, 0.5) is 0 Å². The van der Waals surface area contributed by atoms with Crippen LogP contribution in [0.15, 0.2) is 42.6 Å². The zero-order valence-electron chi connectivity index (χ0n) is 12.5. The maximum atomic E-state index is 5.78. The lowest BCUT2D eigenvalue weighted by Crippen LogP contribution is -2.13. The van der Waals surface area contributed by atoms with Crippen molar-refractivity contribution in [1.82, 2.24) is 9.38 Å². The summed E-state index contributed by atoms with van der Waals surface area (Å²) in [5.41, 5.74) is 10.8. The van der Waals surface area contributed by atoms with E-state index in [1.54, 1.807) is 7.11 Å². The highest BCUT2D eigenvalue weighted by atomic mass is 32.1. The molecule has 0 atom stereocenters. The minimum Gasteiger partial charge on any atom is -0.497 e. The standard InChI is InChI=1S/C17H17N3OS/c1-11-4-3-9-20-14(10-15(18)22)16(19-17(11)20)12-5-7-13(21-2)8-6-12/h3-9H,10H2,1-2H3,(H2,18,22). The summed E-state index contributed by atoms with van der Waals surface area (Å²) >= 11 is 5.11. The Bertz CT molecular complexity index is 837. The Morgan fingerprint density at radius 1 is 1.27 bits per heavy atom. The summed E-state index contributed by atoms with van der Waals surface area (Å²) in [6.45, 7) is 2.05. The van der Waals surface area contributed by atoms with Crippen molar-refractivity contribution >= 4 is 22.9 Å². The van der Waals surface area contributed by atoms with Gasteiger partial charge in [-0.05, 0) is 42.8 Å². The van der Waals surface area contributed by atoms with E-state index in [0.717, 1.165) is 33.9 Å². The molecule has 0 spiro atoms. The molecule has 3 rings (SSSR count). The number of aryl methyl sites for hydroxylation is 1. The van der Waals surface area contributed by atoms with E-state index < -0.39 is 0 Å². The fourth-order valence-electron chi connectivity index (χ4n) is 2.57. The molecule has 3 aromatic rings. The van der Waals surface area contributed by atoms with Crippen LogP contribution in [0.3, 0.4) is 0 Å². The van der Waals surface area contributed by atoms with Gasteiger partial charge >= 0.3 is 0 Å². The fourth-order valence-corrected chi connectivity index (χ4v) is 2.70. The average molecular weight is 311 g/mol. The number of nitrogens with zero attached hydrogens (tertiary/aromatic N) is 2. The van der Waals surface area contributed by atoms with Crippen molar-refractivity contribution in [2.45, 2.75) is 13.3 Å². The van der Waals surface area contributed by atoms with E-state index in [4.69, 9.17) is 27.7 Å². The summed E-state index contributed by atoms with van der Waals surface area (Å²) in [4.78, 5) is 5.25. The molecule has 22 heavy (non-hydrogen) atoms. The van der Waals surface area contributed by atoms with E-state index in [-0.39, 0.29) is 0 Å². The van der Waals surface area contributed by atoms with Gasteiger partial charge in [0.1, 0.15) is 11.4 Å². The van der Waals surface area contributed by atoms with Crippen LogP contribution in [0.1, 0.15) is 11.3 Å². The third-order valence-corrected chi connectivity index (χ3v) is 3.79. The first-order valence-electron chi connectivity index (χ1n) is 6.99. The smallest absolute Gasteiger partial charge is 0.140 e. The summed E-state index contributed by atoms with van der Waals surface area (Å²) < 4.78 is 7.28. The molecule has 112 valence electrons. The van der Waals surface area contributed by atoms with Crippen LogP contribution in [0.25, 0.3) is 16.9 Å². The molecule has 0 aliphatic rings. The molecule has 0 amide bonds. The van der Waals surface area contributed by atoms with Crippen LogP contribution in [0, 0.1) is 6.92 Å². The van der Waals surface area contributed by atoms with Gasteiger partial charge in [-0.2, -0.15) is 0 Å². The van der Waals surface area contributed by atoms with Crippen molar-refractivity contribution < 1.29 is 4.74 Å². The maximum Gasteiger partial charge on any atom is 0.140 e. The zero-order valence-corrected chi connectivity index (χ0v) is 13.4. The van der Waals surface area contributed by atoms with E-state index in [0.29, 0.717) is 11.4 Å². The van der Waals surface area contributed by atoms with Crippen molar-refractivity contribution in [2.75, 3.05) is 7.11 Å². The largest absolute Gasteiger partial charge is 0.497 e. The van der Waals surface area contributed by atoms with Gasteiger partial charge in [0.15, 0.2) is 0 Å². The van der Waals surface area contributed by atoms with E-state index in [2.05, 4.69) is 4.40 Å². The second kappa shape index (κ2) is 5.77. The van der Waals surface area contributed by atoms with Gasteiger partial charge < -0.3 is 14.9 Å². The number of hydrogen-bond acceptors (Lipinski definition) is 3. The van der Waals surface area contributed by atoms with Gasteiger partial charge in [0.05, 0.1) is 23.5 Å². The molecule has 0 saturated carbocycles. The van der Waals surface area contributed by atoms with Crippen LogP contribution in [0.5, 0.6) is 5.75 Å². The fraction of sp³-hybridized carbons (Fsp3) is 0.176. The van der Waals surface area contributed by atoms with Crippen molar-refractivity contribution in [1.29, 1.82) is 0 Å². The molecule has 2 heterocycles. The van der Waals surface area contributed by atoms with Gasteiger partial charge in [-0.25, -0.2) is 4.98 Å². The quantitative estimate of drug-likeness (QED) is 0.752. The maximum absolute atomic E-state index is 5.78. The van der Waals surface area contributed by atoms with Crippen molar-refractivity contribution in [2.24, 2.45) is 5.73 Å².